The van der Waals surface area contributed by atoms with Gasteiger partial charge in [0.1, 0.15) is 11.1 Å². The maximum absolute atomic E-state index is 13.2. The van der Waals surface area contributed by atoms with Crippen LogP contribution in [0.3, 0.4) is 0 Å². The van der Waals surface area contributed by atoms with Gasteiger partial charge in [-0.05, 0) is 43.2 Å². The van der Waals surface area contributed by atoms with Crippen LogP contribution in [0.5, 0.6) is 0 Å². The fourth-order valence-corrected chi connectivity index (χ4v) is 3.46. The van der Waals surface area contributed by atoms with E-state index in [1.54, 1.807) is 24.3 Å². The minimum atomic E-state index is -4.55. The van der Waals surface area contributed by atoms with E-state index in [1.165, 1.54) is 12.1 Å². The van der Waals surface area contributed by atoms with Crippen molar-refractivity contribution in [2.45, 2.75) is 19.0 Å². The summed E-state index contributed by atoms with van der Waals surface area (Å²) in [6.45, 7) is 1.37. The molecule has 1 aliphatic heterocycles. The summed E-state index contributed by atoms with van der Waals surface area (Å²) in [5, 5.41) is 3.02. The van der Waals surface area contributed by atoms with E-state index in [2.05, 4.69) is 5.32 Å². The van der Waals surface area contributed by atoms with Crippen molar-refractivity contribution in [3.63, 3.8) is 0 Å². The monoisotopic (exact) mass is 402 g/mol. The second-order valence-electron chi connectivity index (χ2n) is 6.86. The molecule has 1 fully saturated rings. The summed E-state index contributed by atoms with van der Waals surface area (Å²) < 4.78 is 44.7. The van der Waals surface area contributed by atoms with E-state index in [4.69, 9.17) is 4.42 Å². The maximum atomic E-state index is 13.2. The van der Waals surface area contributed by atoms with E-state index in [0.29, 0.717) is 29.7 Å². The standard InChI is InChI=1S/C21H17F3N2O3/c22-21(23,24)14-7-8-17(26-9-3-4-10-26)16(12-14)25-19(27)15-11-13-5-1-2-6-18(13)29-20(15)28/h1-2,5-8,11-12H,3-4,9-10H2,(H,25,27). The Balaban J connectivity index is 1.73. The molecule has 0 radical (unpaired) electrons. The normalized spacial score (nSPS) is 14.4. The van der Waals surface area contributed by atoms with E-state index >= 15 is 0 Å². The summed E-state index contributed by atoms with van der Waals surface area (Å²) in [7, 11) is 0. The molecule has 1 aromatic heterocycles. The first kappa shape index (κ1) is 19.0. The van der Waals surface area contributed by atoms with E-state index in [0.717, 1.165) is 25.0 Å². The minimum absolute atomic E-state index is 0.0132. The molecule has 0 atom stereocenters. The maximum Gasteiger partial charge on any atom is 0.416 e. The molecule has 1 aliphatic rings. The molecule has 150 valence electrons. The number of hydrogen-bond acceptors (Lipinski definition) is 4. The Morgan fingerprint density at radius 1 is 1.03 bits per heavy atom. The molecule has 1 amide bonds. The number of carbonyl (C=O) groups is 1. The Labute approximate surface area is 163 Å². The molecular formula is C21H17F3N2O3. The van der Waals surface area contributed by atoms with Crippen LogP contribution in [0.4, 0.5) is 24.5 Å². The fraction of sp³-hybridized carbons (Fsp3) is 0.238. The first-order valence-corrected chi connectivity index (χ1v) is 9.13. The van der Waals surface area contributed by atoms with Crippen LogP contribution in [0.2, 0.25) is 0 Å². The van der Waals surface area contributed by atoms with Crippen molar-refractivity contribution in [1.82, 2.24) is 0 Å². The molecule has 5 nitrogen and oxygen atoms in total. The van der Waals surface area contributed by atoms with E-state index in [-0.39, 0.29) is 11.3 Å². The number of para-hydroxylation sites is 1. The largest absolute Gasteiger partial charge is 0.422 e. The Hall–Kier alpha value is -3.29. The van der Waals surface area contributed by atoms with Crippen molar-refractivity contribution >= 4 is 28.3 Å². The molecule has 1 N–H and O–H groups in total. The summed E-state index contributed by atoms with van der Waals surface area (Å²) in [5.74, 6) is -0.815. The lowest BCUT2D eigenvalue weighted by atomic mass is 10.1. The average Bonchev–Trinajstić information content (AvgIpc) is 3.21. The van der Waals surface area contributed by atoms with Crippen molar-refractivity contribution in [1.29, 1.82) is 0 Å². The summed E-state index contributed by atoms with van der Waals surface area (Å²) in [4.78, 5) is 26.9. The van der Waals surface area contributed by atoms with Crippen LogP contribution in [-0.2, 0) is 6.18 Å². The summed E-state index contributed by atoms with van der Waals surface area (Å²) in [6, 6.07) is 11.3. The number of anilines is 2. The van der Waals surface area contributed by atoms with Crippen LogP contribution < -0.4 is 15.8 Å². The highest BCUT2D eigenvalue weighted by Gasteiger charge is 2.32. The molecule has 0 spiro atoms. The van der Waals surface area contributed by atoms with Crippen molar-refractivity contribution in [2.24, 2.45) is 0 Å². The van der Waals surface area contributed by atoms with Crippen LogP contribution in [-0.4, -0.2) is 19.0 Å². The molecule has 3 aromatic rings. The number of fused-ring (bicyclic) bond motifs is 1. The first-order chi connectivity index (χ1) is 13.8. The predicted octanol–water partition coefficient (Wildman–Crippen LogP) is 4.66. The smallest absolute Gasteiger partial charge is 0.416 e. The topological polar surface area (TPSA) is 62.6 Å². The highest BCUT2D eigenvalue weighted by Crippen LogP contribution is 2.36. The van der Waals surface area contributed by atoms with Gasteiger partial charge in [0.15, 0.2) is 0 Å². The molecule has 0 bridgehead atoms. The number of amides is 1. The Bertz CT molecular complexity index is 1130. The number of nitrogens with zero attached hydrogens (tertiary/aromatic N) is 1. The van der Waals surface area contributed by atoms with Crippen LogP contribution in [0.25, 0.3) is 11.0 Å². The first-order valence-electron chi connectivity index (χ1n) is 9.13. The molecule has 4 rings (SSSR count). The van der Waals surface area contributed by atoms with Crippen molar-refractivity contribution in [2.75, 3.05) is 23.3 Å². The second kappa shape index (κ2) is 7.27. The van der Waals surface area contributed by atoms with Gasteiger partial charge in [0.25, 0.3) is 5.91 Å². The summed E-state index contributed by atoms with van der Waals surface area (Å²) >= 11 is 0. The van der Waals surface area contributed by atoms with Gasteiger partial charge in [0.05, 0.1) is 16.9 Å². The fourth-order valence-electron chi connectivity index (χ4n) is 3.46. The number of carbonyl (C=O) groups excluding carboxylic acids is 1. The van der Waals surface area contributed by atoms with Crippen molar-refractivity contribution in [3.8, 4) is 0 Å². The van der Waals surface area contributed by atoms with Gasteiger partial charge in [-0.3, -0.25) is 4.79 Å². The summed E-state index contributed by atoms with van der Waals surface area (Å²) in [6.07, 6.45) is -2.71. The molecule has 0 aliphatic carbocycles. The van der Waals surface area contributed by atoms with Crippen LogP contribution in [0.1, 0.15) is 28.8 Å². The van der Waals surface area contributed by atoms with Gasteiger partial charge in [-0.2, -0.15) is 13.2 Å². The third kappa shape index (κ3) is 3.83. The van der Waals surface area contributed by atoms with Gasteiger partial charge in [0, 0.05) is 18.5 Å². The molecule has 2 heterocycles. The highest BCUT2D eigenvalue weighted by molar-refractivity contribution is 6.07. The number of halogens is 3. The molecule has 8 heteroatoms. The molecular weight excluding hydrogens is 385 g/mol. The van der Waals surface area contributed by atoms with Gasteiger partial charge >= 0.3 is 11.8 Å². The van der Waals surface area contributed by atoms with Crippen LogP contribution in [0, 0.1) is 0 Å². The molecule has 29 heavy (non-hydrogen) atoms. The van der Waals surface area contributed by atoms with Crippen LogP contribution in [0.15, 0.2) is 57.7 Å². The predicted molar refractivity (Wildman–Crippen MR) is 103 cm³/mol. The van der Waals surface area contributed by atoms with Gasteiger partial charge in [-0.25, -0.2) is 4.79 Å². The Kier molecular flexibility index (Phi) is 4.77. The molecule has 0 unspecified atom stereocenters. The van der Waals surface area contributed by atoms with Gasteiger partial charge in [0.2, 0.25) is 0 Å². The van der Waals surface area contributed by atoms with Gasteiger partial charge < -0.3 is 14.6 Å². The highest BCUT2D eigenvalue weighted by atomic mass is 19.4. The third-order valence-corrected chi connectivity index (χ3v) is 4.90. The minimum Gasteiger partial charge on any atom is -0.422 e. The zero-order valence-corrected chi connectivity index (χ0v) is 15.3. The number of nitrogens with one attached hydrogen (secondary N) is 1. The SMILES string of the molecule is O=C(Nc1cc(C(F)(F)F)ccc1N1CCCC1)c1cc2ccccc2oc1=O. The van der Waals surface area contributed by atoms with E-state index in [9.17, 15) is 22.8 Å². The zero-order valence-electron chi connectivity index (χ0n) is 15.3. The van der Waals surface area contributed by atoms with E-state index < -0.39 is 23.3 Å². The van der Waals surface area contributed by atoms with Gasteiger partial charge in [-0.1, -0.05) is 18.2 Å². The van der Waals surface area contributed by atoms with Crippen molar-refractivity contribution in [3.05, 3.63) is 70.1 Å². The third-order valence-electron chi connectivity index (χ3n) is 4.90. The number of alkyl halides is 3. The lowest BCUT2D eigenvalue weighted by Gasteiger charge is -2.22. The Morgan fingerprint density at radius 2 is 1.76 bits per heavy atom. The molecule has 0 saturated carbocycles. The van der Waals surface area contributed by atoms with Gasteiger partial charge in [-0.15, -0.1) is 0 Å². The molecule has 1 saturated heterocycles. The molecule has 2 aromatic carbocycles. The number of benzene rings is 2. The van der Waals surface area contributed by atoms with Crippen LogP contribution >= 0.6 is 0 Å². The quantitative estimate of drug-likeness (QED) is 0.647. The zero-order chi connectivity index (χ0) is 20.6. The average molecular weight is 402 g/mol. The lowest BCUT2D eigenvalue weighted by Crippen LogP contribution is -2.24. The Morgan fingerprint density at radius 3 is 2.48 bits per heavy atom. The number of rotatable bonds is 3. The van der Waals surface area contributed by atoms with Crippen molar-refractivity contribution < 1.29 is 22.4 Å². The lowest BCUT2D eigenvalue weighted by molar-refractivity contribution is -0.137. The second-order valence-corrected chi connectivity index (χ2v) is 6.86. The van der Waals surface area contributed by atoms with E-state index in [1.807, 2.05) is 4.90 Å². The summed E-state index contributed by atoms with van der Waals surface area (Å²) in [5.41, 5.74) is -1.16. The number of hydrogen-bond donors (Lipinski definition) is 1.